The third-order valence-corrected chi connectivity index (χ3v) is 9.41. The summed E-state index contributed by atoms with van der Waals surface area (Å²) in [7, 11) is -3.76. The first-order valence-corrected chi connectivity index (χ1v) is 18.0. The molecule has 5 aromatic rings. The Kier molecular flexibility index (Phi) is 10.6. The van der Waals surface area contributed by atoms with Crippen LogP contribution >= 0.6 is 0 Å². The van der Waals surface area contributed by atoms with Crippen molar-refractivity contribution in [1.82, 2.24) is 5.32 Å². The Hall–Kier alpha value is -4.77. The fourth-order valence-corrected chi connectivity index (χ4v) is 6.66. The van der Waals surface area contributed by atoms with Crippen molar-refractivity contribution in [3.8, 4) is 11.3 Å². The minimum Gasteiger partial charge on any atom is -0.455 e. The van der Waals surface area contributed by atoms with E-state index in [1.807, 2.05) is 66.7 Å². The number of sulfonamides is 1. The molecule has 1 aliphatic rings. The van der Waals surface area contributed by atoms with Crippen LogP contribution in [0.1, 0.15) is 45.8 Å². The second-order valence-electron chi connectivity index (χ2n) is 12.3. The Morgan fingerprint density at radius 1 is 0.939 bits per heavy atom. The summed E-state index contributed by atoms with van der Waals surface area (Å²) in [6.07, 6.45) is 2.94. The molecule has 4 aromatic carbocycles. The van der Waals surface area contributed by atoms with Crippen LogP contribution in [-0.4, -0.2) is 46.9 Å². The van der Waals surface area contributed by atoms with Gasteiger partial charge in [-0.05, 0) is 71.4 Å². The summed E-state index contributed by atoms with van der Waals surface area (Å²) in [6, 6.07) is 28.7. The molecule has 0 atom stereocenters. The second-order valence-corrected chi connectivity index (χ2v) is 14.2. The lowest BCUT2D eigenvalue weighted by atomic mass is 10.00. The Balaban J connectivity index is 1.29. The normalized spacial score (nSPS) is 13.0. The molecule has 1 N–H and O–H groups in total. The summed E-state index contributed by atoms with van der Waals surface area (Å²) in [5.74, 6) is -0.407. The standard InChI is InChI=1S/C39H39FN2O6S/c1-27(24-47-26-29-11-7-4-8-12-29)23-42(49(2,44)45)35-22-36-34(21-33(35)30-13-14-30)37(38(48-36)31-15-17-32(40)18-16-31)39(43)41-19-20-46-25-28-9-5-3-6-10-28/h3-12,15-18,21-22,30H,1,13-14,19-20,23-26H2,2H3,(H,41,43). The highest BCUT2D eigenvalue weighted by molar-refractivity contribution is 7.92. The number of amides is 1. The zero-order valence-corrected chi connectivity index (χ0v) is 28.2. The number of ether oxygens (including phenoxy) is 2. The summed E-state index contributed by atoms with van der Waals surface area (Å²) >= 11 is 0. The van der Waals surface area contributed by atoms with Gasteiger partial charge in [-0.1, -0.05) is 67.2 Å². The highest BCUT2D eigenvalue weighted by Gasteiger charge is 2.33. The van der Waals surface area contributed by atoms with Gasteiger partial charge < -0.3 is 19.2 Å². The number of halogens is 1. The molecule has 10 heteroatoms. The van der Waals surface area contributed by atoms with Crippen LogP contribution in [-0.2, 0) is 32.7 Å². The SMILES string of the molecule is C=C(COCc1ccccc1)CN(c1cc2oc(-c3ccc(F)cc3)c(C(=O)NCCOCc3ccccc3)c2cc1C1CC1)S(C)(=O)=O. The van der Waals surface area contributed by atoms with Crippen molar-refractivity contribution in [2.45, 2.75) is 32.0 Å². The Morgan fingerprint density at radius 3 is 2.18 bits per heavy atom. The molecule has 1 saturated carbocycles. The Morgan fingerprint density at radius 2 is 1.57 bits per heavy atom. The van der Waals surface area contributed by atoms with Crippen LogP contribution in [0.3, 0.4) is 0 Å². The summed E-state index contributed by atoms with van der Waals surface area (Å²) in [6.45, 7) is 5.65. The van der Waals surface area contributed by atoms with Crippen molar-refractivity contribution in [2.24, 2.45) is 0 Å². The van der Waals surface area contributed by atoms with Gasteiger partial charge in [0, 0.05) is 23.6 Å². The number of hydrogen-bond donors (Lipinski definition) is 1. The minimum atomic E-state index is -3.76. The van der Waals surface area contributed by atoms with Gasteiger partial charge in [0.25, 0.3) is 5.91 Å². The number of furan rings is 1. The number of benzene rings is 4. The van der Waals surface area contributed by atoms with Crippen molar-refractivity contribution in [3.05, 3.63) is 137 Å². The molecule has 0 spiro atoms. The summed E-state index contributed by atoms with van der Waals surface area (Å²) in [5, 5.41) is 3.49. The molecule has 0 aliphatic heterocycles. The maximum absolute atomic E-state index is 13.9. The van der Waals surface area contributed by atoms with Gasteiger partial charge in [0.05, 0.1) is 50.5 Å². The molecular weight excluding hydrogens is 644 g/mol. The van der Waals surface area contributed by atoms with E-state index in [1.165, 1.54) is 16.4 Å². The number of carbonyl (C=O) groups is 1. The van der Waals surface area contributed by atoms with E-state index in [0.717, 1.165) is 35.8 Å². The minimum absolute atomic E-state index is 0.0146. The Labute approximate surface area is 286 Å². The van der Waals surface area contributed by atoms with Crippen LogP contribution in [0.4, 0.5) is 10.1 Å². The first-order valence-electron chi connectivity index (χ1n) is 16.2. The fourth-order valence-electron chi connectivity index (χ4n) is 5.72. The zero-order chi connectivity index (χ0) is 34.4. The highest BCUT2D eigenvalue weighted by atomic mass is 32.2. The van der Waals surface area contributed by atoms with Crippen molar-refractivity contribution >= 4 is 32.6 Å². The van der Waals surface area contributed by atoms with Crippen LogP contribution in [0.5, 0.6) is 0 Å². The molecule has 1 fully saturated rings. The number of rotatable bonds is 16. The van der Waals surface area contributed by atoms with Crippen LogP contribution in [0, 0.1) is 5.82 Å². The zero-order valence-electron chi connectivity index (χ0n) is 27.4. The molecule has 49 heavy (non-hydrogen) atoms. The summed E-state index contributed by atoms with van der Waals surface area (Å²) in [5.41, 5.74) is 5.05. The van der Waals surface area contributed by atoms with Crippen molar-refractivity contribution < 1.29 is 31.5 Å². The molecule has 1 aromatic heterocycles. The third kappa shape index (κ3) is 8.64. The van der Waals surface area contributed by atoms with Crippen molar-refractivity contribution in [2.75, 3.05) is 36.9 Å². The molecule has 0 bridgehead atoms. The number of anilines is 1. The van der Waals surface area contributed by atoms with E-state index in [0.29, 0.717) is 53.2 Å². The number of fused-ring (bicyclic) bond motifs is 1. The monoisotopic (exact) mass is 682 g/mol. The van der Waals surface area contributed by atoms with E-state index in [-0.39, 0.29) is 37.3 Å². The van der Waals surface area contributed by atoms with Gasteiger partial charge in [-0.3, -0.25) is 9.10 Å². The van der Waals surface area contributed by atoms with E-state index in [2.05, 4.69) is 11.9 Å². The average Bonchev–Trinajstić information content (AvgIpc) is 3.87. The van der Waals surface area contributed by atoms with E-state index < -0.39 is 15.8 Å². The lowest BCUT2D eigenvalue weighted by molar-refractivity contribution is 0.0902. The number of hydrogen-bond acceptors (Lipinski definition) is 6. The van der Waals surface area contributed by atoms with Gasteiger partial charge in [0.2, 0.25) is 10.0 Å². The molecule has 0 saturated heterocycles. The van der Waals surface area contributed by atoms with Crippen molar-refractivity contribution in [1.29, 1.82) is 0 Å². The molecule has 0 radical (unpaired) electrons. The van der Waals surface area contributed by atoms with Crippen molar-refractivity contribution in [3.63, 3.8) is 0 Å². The van der Waals surface area contributed by atoms with Gasteiger partial charge in [-0.2, -0.15) is 0 Å². The van der Waals surface area contributed by atoms with Gasteiger partial charge in [-0.15, -0.1) is 0 Å². The van der Waals surface area contributed by atoms with E-state index >= 15 is 0 Å². The molecule has 1 aliphatic carbocycles. The number of carbonyl (C=O) groups excluding carboxylic acids is 1. The van der Waals surface area contributed by atoms with Crippen LogP contribution < -0.4 is 9.62 Å². The maximum Gasteiger partial charge on any atom is 0.255 e. The second kappa shape index (κ2) is 15.2. The van der Waals surface area contributed by atoms with Crippen LogP contribution in [0.2, 0.25) is 0 Å². The molecule has 1 heterocycles. The van der Waals surface area contributed by atoms with Gasteiger partial charge in [-0.25, -0.2) is 12.8 Å². The first-order chi connectivity index (χ1) is 23.7. The van der Waals surface area contributed by atoms with E-state index in [9.17, 15) is 17.6 Å². The molecule has 6 rings (SSSR count). The Bertz CT molecular complexity index is 2030. The lowest BCUT2D eigenvalue weighted by Crippen LogP contribution is -2.33. The van der Waals surface area contributed by atoms with E-state index in [4.69, 9.17) is 13.9 Å². The predicted octanol–water partition coefficient (Wildman–Crippen LogP) is 7.60. The molecule has 254 valence electrons. The summed E-state index contributed by atoms with van der Waals surface area (Å²) < 4.78 is 59.7. The molecule has 1 amide bonds. The fraction of sp³-hybridized carbons (Fsp3) is 0.256. The van der Waals surface area contributed by atoms with Gasteiger partial charge in [0.15, 0.2) is 0 Å². The average molecular weight is 683 g/mol. The maximum atomic E-state index is 13.9. The van der Waals surface area contributed by atoms with Crippen LogP contribution in [0.15, 0.2) is 114 Å². The predicted molar refractivity (Wildman–Crippen MR) is 189 cm³/mol. The van der Waals surface area contributed by atoms with Gasteiger partial charge >= 0.3 is 0 Å². The van der Waals surface area contributed by atoms with E-state index in [1.54, 1.807) is 18.2 Å². The lowest BCUT2D eigenvalue weighted by Gasteiger charge is -2.26. The summed E-state index contributed by atoms with van der Waals surface area (Å²) in [4.78, 5) is 13.8. The molecule has 8 nitrogen and oxygen atoms in total. The largest absolute Gasteiger partial charge is 0.455 e. The molecule has 0 unspecified atom stereocenters. The third-order valence-electron chi connectivity index (χ3n) is 8.29. The van der Waals surface area contributed by atoms with Gasteiger partial charge in [0.1, 0.15) is 17.2 Å². The molecular formula is C39H39FN2O6S. The number of nitrogens with one attached hydrogen (secondary N) is 1. The quantitative estimate of drug-likeness (QED) is 0.0851. The smallest absolute Gasteiger partial charge is 0.255 e. The highest BCUT2D eigenvalue weighted by Crippen LogP contribution is 2.48. The first kappa shape index (κ1) is 34.1. The topological polar surface area (TPSA) is 98.1 Å². The number of nitrogens with zero attached hydrogens (tertiary/aromatic N) is 1. The van der Waals surface area contributed by atoms with Crippen LogP contribution in [0.25, 0.3) is 22.3 Å².